The zero-order valence-corrected chi connectivity index (χ0v) is 14.0. The molecule has 0 aliphatic carbocycles. The maximum atomic E-state index is 13.7. The molecule has 0 aromatic heterocycles. The van der Waals surface area contributed by atoms with Crippen molar-refractivity contribution >= 4 is 11.9 Å². The second-order valence-electron chi connectivity index (χ2n) is 6.23. The van der Waals surface area contributed by atoms with E-state index in [4.69, 9.17) is 9.47 Å². The van der Waals surface area contributed by atoms with Gasteiger partial charge >= 0.3 is 6.09 Å². The van der Waals surface area contributed by atoms with Gasteiger partial charge in [0, 0.05) is 26.2 Å². The average Bonchev–Trinajstić information content (AvgIpc) is 2.43. The number of amides is 1. The Hall–Kier alpha value is -1.95. The molecule has 0 aliphatic heterocycles. The molecule has 1 amide bonds. The molecule has 1 N–H and O–H groups in total. The third-order valence-corrected chi connectivity index (χ3v) is 3.00. The number of hydrogen-bond acceptors (Lipinski definition) is 4. The van der Waals surface area contributed by atoms with E-state index in [0.29, 0.717) is 13.0 Å². The van der Waals surface area contributed by atoms with E-state index in [1.54, 1.807) is 26.8 Å². The molecule has 0 heterocycles. The molecule has 128 valence electrons. The summed E-state index contributed by atoms with van der Waals surface area (Å²) in [6.07, 6.45) is -0.209. The summed E-state index contributed by atoms with van der Waals surface area (Å²) < 4.78 is 23.8. The van der Waals surface area contributed by atoms with E-state index in [-0.39, 0.29) is 17.8 Å². The van der Waals surface area contributed by atoms with Gasteiger partial charge < -0.3 is 14.8 Å². The van der Waals surface area contributed by atoms with Gasteiger partial charge in [-0.05, 0) is 39.3 Å². The van der Waals surface area contributed by atoms with E-state index >= 15 is 0 Å². The summed E-state index contributed by atoms with van der Waals surface area (Å²) in [5.41, 5.74) is -0.619. The van der Waals surface area contributed by atoms with Crippen LogP contribution in [0.3, 0.4) is 0 Å². The van der Waals surface area contributed by atoms with Gasteiger partial charge in [-0.15, -0.1) is 0 Å². The second kappa shape index (κ2) is 8.62. The number of benzene rings is 1. The van der Waals surface area contributed by atoms with Crippen molar-refractivity contribution < 1.29 is 23.5 Å². The molecule has 0 saturated heterocycles. The fraction of sp³-hybridized carbons (Fsp3) is 0.529. The summed E-state index contributed by atoms with van der Waals surface area (Å²) in [7, 11) is 1.53. The van der Waals surface area contributed by atoms with Crippen LogP contribution >= 0.6 is 0 Å². The van der Waals surface area contributed by atoms with Crippen LogP contribution < -0.4 is 5.32 Å². The Morgan fingerprint density at radius 2 is 1.91 bits per heavy atom. The number of Topliss-reactive ketones (excluding diaryl/α,β-unsaturated/α-hetero) is 1. The van der Waals surface area contributed by atoms with Crippen LogP contribution in [0.4, 0.5) is 9.18 Å². The first-order valence-electron chi connectivity index (χ1n) is 7.49. The molecule has 5 nitrogen and oxygen atoms in total. The zero-order chi connectivity index (χ0) is 17.5. The van der Waals surface area contributed by atoms with Crippen molar-refractivity contribution in [1.82, 2.24) is 5.32 Å². The molecule has 23 heavy (non-hydrogen) atoms. The molecular weight excluding hydrogens is 301 g/mol. The van der Waals surface area contributed by atoms with Crippen molar-refractivity contribution in [3.8, 4) is 0 Å². The Labute approximate surface area is 136 Å². The van der Waals surface area contributed by atoms with Crippen LogP contribution in [0.15, 0.2) is 24.3 Å². The van der Waals surface area contributed by atoms with E-state index in [2.05, 4.69) is 5.32 Å². The zero-order valence-electron chi connectivity index (χ0n) is 14.0. The fourth-order valence-corrected chi connectivity index (χ4v) is 1.98. The summed E-state index contributed by atoms with van der Waals surface area (Å²) in [5.74, 6) is -0.944. The van der Waals surface area contributed by atoms with Crippen LogP contribution in [-0.2, 0) is 9.47 Å². The third-order valence-electron chi connectivity index (χ3n) is 3.00. The van der Waals surface area contributed by atoms with Gasteiger partial charge in [-0.3, -0.25) is 4.79 Å². The summed E-state index contributed by atoms with van der Waals surface area (Å²) in [4.78, 5) is 24.1. The molecule has 0 aliphatic rings. The number of nitrogens with one attached hydrogen (secondary N) is 1. The molecule has 1 unspecified atom stereocenters. The number of rotatable bonds is 7. The number of hydrogen-bond donors (Lipinski definition) is 1. The van der Waals surface area contributed by atoms with Gasteiger partial charge in [-0.2, -0.15) is 0 Å². The summed E-state index contributed by atoms with van der Waals surface area (Å²) >= 11 is 0. The van der Waals surface area contributed by atoms with Crippen molar-refractivity contribution in [2.45, 2.75) is 45.3 Å². The SMILES string of the molecule is COCCC(CC(=O)c1ccccc1F)NC(=O)OC(C)(C)C. The first kappa shape index (κ1) is 19.1. The van der Waals surface area contributed by atoms with Crippen LogP contribution in [0, 0.1) is 5.82 Å². The molecule has 0 saturated carbocycles. The Morgan fingerprint density at radius 3 is 2.48 bits per heavy atom. The highest BCUT2D eigenvalue weighted by Crippen LogP contribution is 2.13. The maximum Gasteiger partial charge on any atom is 0.407 e. The summed E-state index contributed by atoms with van der Waals surface area (Å²) in [6.45, 7) is 5.62. The number of alkyl carbamates (subject to hydrolysis) is 1. The number of carbonyl (C=O) groups is 2. The lowest BCUT2D eigenvalue weighted by Crippen LogP contribution is -2.40. The Kier molecular flexibility index (Phi) is 7.16. The summed E-state index contributed by atoms with van der Waals surface area (Å²) in [5, 5.41) is 2.64. The quantitative estimate of drug-likeness (QED) is 0.781. The van der Waals surface area contributed by atoms with Gasteiger partial charge in [0.05, 0.1) is 5.56 Å². The van der Waals surface area contributed by atoms with E-state index < -0.39 is 23.6 Å². The minimum atomic E-state index is -0.633. The van der Waals surface area contributed by atoms with Crippen molar-refractivity contribution in [3.63, 3.8) is 0 Å². The molecule has 1 atom stereocenters. The van der Waals surface area contributed by atoms with Gasteiger partial charge in [-0.25, -0.2) is 9.18 Å². The smallest absolute Gasteiger partial charge is 0.407 e. The van der Waals surface area contributed by atoms with Crippen molar-refractivity contribution in [2.75, 3.05) is 13.7 Å². The van der Waals surface area contributed by atoms with Gasteiger partial charge in [0.25, 0.3) is 0 Å². The predicted molar refractivity (Wildman–Crippen MR) is 85.0 cm³/mol. The van der Waals surface area contributed by atoms with E-state index in [0.717, 1.165) is 0 Å². The Balaban J connectivity index is 2.72. The number of ketones is 1. The molecule has 0 bridgehead atoms. The fourth-order valence-electron chi connectivity index (χ4n) is 1.98. The van der Waals surface area contributed by atoms with Crippen LogP contribution in [0.25, 0.3) is 0 Å². The van der Waals surface area contributed by atoms with E-state index in [1.165, 1.54) is 25.3 Å². The molecule has 0 fully saturated rings. The topological polar surface area (TPSA) is 64.6 Å². The Bertz CT molecular complexity index is 540. The van der Waals surface area contributed by atoms with Gasteiger partial charge in [0.15, 0.2) is 5.78 Å². The second-order valence-corrected chi connectivity index (χ2v) is 6.23. The van der Waals surface area contributed by atoms with Crippen molar-refractivity contribution in [3.05, 3.63) is 35.6 Å². The minimum absolute atomic E-state index is 0.0147. The van der Waals surface area contributed by atoms with Crippen LogP contribution in [0.1, 0.15) is 44.0 Å². The average molecular weight is 325 g/mol. The van der Waals surface area contributed by atoms with Crippen molar-refractivity contribution in [1.29, 1.82) is 0 Å². The normalized spacial score (nSPS) is 12.6. The van der Waals surface area contributed by atoms with E-state index in [9.17, 15) is 14.0 Å². The lowest BCUT2D eigenvalue weighted by Gasteiger charge is -2.23. The largest absolute Gasteiger partial charge is 0.444 e. The summed E-state index contributed by atoms with van der Waals surface area (Å²) in [6, 6.07) is 5.30. The van der Waals surface area contributed by atoms with Gasteiger partial charge in [0.1, 0.15) is 11.4 Å². The number of halogens is 1. The van der Waals surface area contributed by atoms with Crippen LogP contribution in [0.5, 0.6) is 0 Å². The van der Waals surface area contributed by atoms with Crippen LogP contribution in [0.2, 0.25) is 0 Å². The molecule has 0 spiro atoms. The predicted octanol–water partition coefficient (Wildman–Crippen LogP) is 3.33. The number of carbonyl (C=O) groups excluding carboxylic acids is 2. The lowest BCUT2D eigenvalue weighted by molar-refractivity contribution is 0.0490. The molecule has 1 rings (SSSR count). The highest BCUT2D eigenvalue weighted by atomic mass is 19.1. The molecule has 0 radical (unpaired) electrons. The van der Waals surface area contributed by atoms with Gasteiger partial charge in [0.2, 0.25) is 0 Å². The third kappa shape index (κ3) is 7.23. The Morgan fingerprint density at radius 1 is 1.26 bits per heavy atom. The highest BCUT2D eigenvalue weighted by molar-refractivity contribution is 5.96. The first-order chi connectivity index (χ1) is 10.7. The lowest BCUT2D eigenvalue weighted by atomic mass is 10.0. The minimum Gasteiger partial charge on any atom is -0.444 e. The van der Waals surface area contributed by atoms with Gasteiger partial charge in [-0.1, -0.05) is 12.1 Å². The number of ether oxygens (including phenoxy) is 2. The number of methoxy groups -OCH3 is 1. The highest BCUT2D eigenvalue weighted by Gasteiger charge is 2.22. The first-order valence-corrected chi connectivity index (χ1v) is 7.49. The van der Waals surface area contributed by atoms with Crippen LogP contribution in [-0.4, -0.2) is 37.2 Å². The van der Waals surface area contributed by atoms with E-state index in [1.807, 2.05) is 0 Å². The van der Waals surface area contributed by atoms with Crippen molar-refractivity contribution in [2.24, 2.45) is 0 Å². The monoisotopic (exact) mass is 325 g/mol. The maximum absolute atomic E-state index is 13.7. The molecule has 1 aromatic carbocycles. The standard InChI is InChI=1S/C17H24FNO4/c1-17(2,3)23-16(21)19-12(9-10-22-4)11-15(20)13-7-5-6-8-14(13)18/h5-8,12H,9-11H2,1-4H3,(H,19,21). The molecule has 6 heteroatoms. The molecular formula is C17H24FNO4. The molecule has 1 aromatic rings.